The van der Waals surface area contributed by atoms with Gasteiger partial charge in [0.25, 0.3) is 0 Å². The largest absolute Gasteiger partial charge is 0.492 e. The lowest BCUT2D eigenvalue weighted by molar-refractivity contribution is -0.116. The van der Waals surface area contributed by atoms with Gasteiger partial charge in [-0.2, -0.15) is 0 Å². The van der Waals surface area contributed by atoms with E-state index in [0.29, 0.717) is 35.2 Å². The summed E-state index contributed by atoms with van der Waals surface area (Å²) in [6.07, 6.45) is 0.976. The van der Waals surface area contributed by atoms with Crippen molar-refractivity contribution in [1.29, 1.82) is 0 Å². The standard InChI is InChI=1S/C21H25Cl2N3O2/c1-25-10-12-26(13-11-25)19-6-3-2-5-18(19)24-21(27)7-4-14-28-20-9-8-16(22)15-17(20)23/h2-3,5-6,8-9,15H,4,7,10-14H2,1H3,(H,24,27). The highest BCUT2D eigenvalue weighted by Gasteiger charge is 2.17. The number of rotatable bonds is 7. The number of amides is 1. The number of hydrogen-bond donors (Lipinski definition) is 1. The topological polar surface area (TPSA) is 44.8 Å². The van der Waals surface area contributed by atoms with Gasteiger partial charge in [-0.15, -0.1) is 0 Å². The molecular formula is C21H25Cl2N3O2. The average molecular weight is 422 g/mol. The van der Waals surface area contributed by atoms with Gasteiger partial charge in [-0.25, -0.2) is 0 Å². The molecule has 28 heavy (non-hydrogen) atoms. The number of nitrogens with one attached hydrogen (secondary N) is 1. The second kappa shape index (κ2) is 10.0. The first-order chi connectivity index (χ1) is 13.5. The van der Waals surface area contributed by atoms with Crippen LogP contribution in [-0.4, -0.2) is 50.6 Å². The third kappa shape index (κ3) is 5.77. The maximum Gasteiger partial charge on any atom is 0.224 e. The summed E-state index contributed by atoms with van der Waals surface area (Å²) in [4.78, 5) is 17.0. The van der Waals surface area contributed by atoms with Crippen LogP contribution in [0.15, 0.2) is 42.5 Å². The molecule has 0 atom stereocenters. The van der Waals surface area contributed by atoms with Crippen LogP contribution < -0.4 is 15.0 Å². The van der Waals surface area contributed by atoms with Gasteiger partial charge in [0, 0.05) is 37.6 Å². The monoisotopic (exact) mass is 421 g/mol. The number of halogens is 2. The van der Waals surface area contributed by atoms with Crippen molar-refractivity contribution < 1.29 is 9.53 Å². The van der Waals surface area contributed by atoms with Gasteiger partial charge in [0.1, 0.15) is 5.75 Å². The van der Waals surface area contributed by atoms with Crippen LogP contribution in [0.4, 0.5) is 11.4 Å². The Morgan fingerprint density at radius 2 is 1.86 bits per heavy atom. The van der Waals surface area contributed by atoms with Crippen LogP contribution in [0.2, 0.25) is 10.0 Å². The molecule has 1 aliphatic rings. The van der Waals surface area contributed by atoms with E-state index in [-0.39, 0.29) is 5.91 Å². The molecule has 7 heteroatoms. The van der Waals surface area contributed by atoms with Gasteiger partial charge in [-0.05, 0) is 43.8 Å². The van der Waals surface area contributed by atoms with Crippen LogP contribution in [-0.2, 0) is 4.79 Å². The zero-order valence-electron chi connectivity index (χ0n) is 16.0. The van der Waals surface area contributed by atoms with E-state index in [1.807, 2.05) is 18.2 Å². The first kappa shape index (κ1) is 20.8. The molecule has 1 amide bonds. The lowest BCUT2D eigenvalue weighted by Gasteiger charge is -2.35. The van der Waals surface area contributed by atoms with Crippen molar-refractivity contribution in [2.45, 2.75) is 12.8 Å². The van der Waals surface area contributed by atoms with Crippen molar-refractivity contribution in [3.05, 3.63) is 52.5 Å². The lowest BCUT2D eigenvalue weighted by atomic mass is 10.2. The number of carbonyl (C=O) groups is 1. The molecule has 0 radical (unpaired) electrons. The second-order valence-electron chi connectivity index (χ2n) is 6.88. The summed E-state index contributed by atoms with van der Waals surface area (Å²) in [5.74, 6) is 0.555. The van der Waals surface area contributed by atoms with Gasteiger partial charge in [-0.3, -0.25) is 4.79 Å². The average Bonchev–Trinajstić information content (AvgIpc) is 2.68. The molecule has 0 saturated carbocycles. The maximum atomic E-state index is 12.4. The van der Waals surface area contributed by atoms with Crippen LogP contribution in [0.3, 0.4) is 0 Å². The third-order valence-electron chi connectivity index (χ3n) is 4.72. The van der Waals surface area contributed by atoms with E-state index in [1.54, 1.807) is 18.2 Å². The highest BCUT2D eigenvalue weighted by atomic mass is 35.5. The molecule has 0 unspecified atom stereocenters. The molecule has 0 aromatic heterocycles. The van der Waals surface area contributed by atoms with Crippen molar-refractivity contribution in [3.8, 4) is 5.75 Å². The number of benzene rings is 2. The number of ether oxygens (including phenoxy) is 1. The Kier molecular flexibility index (Phi) is 7.43. The Morgan fingerprint density at radius 1 is 1.11 bits per heavy atom. The normalized spacial score (nSPS) is 14.8. The third-order valence-corrected chi connectivity index (χ3v) is 5.25. The summed E-state index contributed by atoms with van der Waals surface area (Å²) >= 11 is 12.0. The van der Waals surface area contributed by atoms with E-state index < -0.39 is 0 Å². The van der Waals surface area contributed by atoms with Crippen LogP contribution >= 0.6 is 23.2 Å². The number of piperazine rings is 1. The van der Waals surface area contributed by atoms with E-state index in [4.69, 9.17) is 27.9 Å². The molecule has 1 fully saturated rings. The number of para-hydroxylation sites is 2. The second-order valence-corrected chi connectivity index (χ2v) is 7.73. The van der Waals surface area contributed by atoms with E-state index >= 15 is 0 Å². The Morgan fingerprint density at radius 3 is 2.61 bits per heavy atom. The van der Waals surface area contributed by atoms with E-state index in [1.165, 1.54) is 0 Å². The SMILES string of the molecule is CN1CCN(c2ccccc2NC(=O)CCCOc2ccc(Cl)cc2Cl)CC1. The summed E-state index contributed by atoms with van der Waals surface area (Å²) in [5.41, 5.74) is 1.94. The summed E-state index contributed by atoms with van der Waals surface area (Å²) in [6.45, 7) is 4.37. The van der Waals surface area contributed by atoms with Crippen LogP contribution in [0, 0.1) is 0 Å². The Balaban J connectivity index is 1.48. The number of anilines is 2. The van der Waals surface area contributed by atoms with Crippen LogP contribution in [0.25, 0.3) is 0 Å². The van der Waals surface area contributed by atoms with Crippen molar-refractivity contribution in [3.63, 3.8) is 0 Å². The van der Waals surface area contributed by atoms with Crippen LogP contribution in [0.5, 0.6) is 5.75 Å². The molecule has 0 bridgehead atoms. The first-order valence-electron chi connectivity index (χ1n) is 9.43. The molecule has 150 valence electrons. The van der Waals surface area contributed by atoms with Gasteiger partial charge in [-0.1, -0.05) is 35.3 Å². The maximum absolute atomic E-state index is 12.4. The Labute approximate surface area is 176 Å². The molecule has 3 rings (SSSR count). The molecule has 1 aliphatic heterocycles. The number of nitrogens with zero attached hydrogens (tertiary/aromatic N) is 2. The zero-order valence-corrected chi connectivity index (χ0v) is 17.5. The van der Waals surface area contributed by atoms with Crippen molar-refractivity contribution in [2.24, 2.45) is 0 Å². The molecular weight excluding hydrogens is 397 g/mol. The molecule has 1 saturated heterocycles. The van der Waals surface area contributed by atoms with Crippen molar-refractivity contribution in [1.82, 2.24) is 4.90 Å². The quantitative estimate of drug-likeness (QED) is 0.666. The number of carbonyl (C=O) groups excluding carboxylic acids is 1. The Bertz CT molecular complexity index is 808. The fourth-order valence-corrected chi connectivity index (χ4v) is 3.59. The minimum atomic E-state index is -0.0209. The van der Waals surface area contributed by atoms with Crippen molar-refractivity contribution >= 4 is 40.5 Å². The van der Waals surface area contributed by atoms with E-state index in [2.05, 4.69) is 28.2 Å². The van der Waals surface area contributed by atoms with Gasteiger partial charge in [0.2, 0.25) is 5.91 Å². The first-order valence-corrected chi connectivity index (χ1v) is 10.2. The van der Waals surface area contributed by atoms with Gasteiger partial charge in [0.15, 0.2) is 0 Å². The fourth-order valence-electron chi connectivity index (χ4n) is 3.12. The highest BCUT2D eigenvalue weighted by Crippen LogP contribution is 2.28. The predicted molar refractivity (Wildman–Crippen MR) is 116 cm³/mol. The van der Waals surface area contributed by atoms with Crippen LogP contribution in [0.1, 0.15) is 12.8 Å². The van der Waals surface area contributed by atoms with Gasteiger partial charge < -0.3 is 19.9 Å². The minimum absolute atomic E-state index is 0.0209. The van der Waals surface area contributed by atoms with E-state index in [0.717, 1.165) is 37.6 Å². The van der Waals surface area contributed by atoms with E-state index in [9.17, 15) is 4.79 Å². The molecule has 2 aromatic carbocycles. The number of likely N-dealkylation sites (N-methyl/N-ethyl adjacent to an activating group) is 1. The molecule has 1 N–H and O–H groups in total. The fraction of sp³-hybridized carbons (Fsp3) is 0.381. The Hall–Kier alpha value is -1.95. The molecule has 0 aliphatic carbocycles. The molecule has 1 heterocycles. The smallest absolute Gasteiger partial charge is 0.224 e. The summed E-state index contributed by atoms with van der Waals surface area (Å²) in [7, 11) is 2.13. The number of hydrogen-bond acceptors (Lipinski definition) is 4. The molecule has 0 spiro atoms. The lowest BCUT2D eigenvalue weighted by Crippen LogP contribution is -2.44. The molecule has 5 nitrogen and oxygen atoms in total. The highest BCUT2D eigenvalue weighted by molar-refractivity contribution is 6.35. The van der Waals surface area contributed by atoms with Gasteiger partial charge >= 0.3 is 0 Å². The van der Waals surface area contributed by atoms with Gasteiger partial charge in [0.05, 0.1) is 23.0 Å². The summed E-state index contributed by atoms with van der Waals surface area (Å²) in [6, 6.07) is 13.1. The summed E-state index contributed by atoms with van der Waals surface area (Å²) < 4.78 is 5.64. The molecule has 2 aromatic rings. The minimum Gasteiger partial charge on any atom is -0.492 e. The predicted octanol–water partition coefficient (Wildman–Crippen LogP) is 4.54. The van der Waals surface area contributed by atoms with Crippen molar-refractivity contribution in [2.75, 3.05) is 50.1 Å². The zero-order chi connectivity index (χ0) is 19.9. The summed E-state index contributed by atoms with van der Waals surface area (Å²) in [5, 5.41) is 4.08.